The summed E-state index contributed by atoms with van der Waals surface area (Å²) in [6, 6.07) is 15.8. The molecule has 0 radical (unpaired) electrons. The Balaban J connectivity index is 1.52. The Morgan fingerprint density at radius 3 is 2.64 bits per heavy atom. The number of fused-ring (bicyclic) bond motifs is 1. The van der Waals surface area contributed by atoms with Crippen LogP contribution >= 0.6 is 0 Å². The lowest BCUT2D eigenvalue weighted by atomic mass is 10.1. The first kappa shape index (κ1) is 14.9. The van der Waals surface area contributed by atoms with Crippen LogP contribution in [-0.2, 0) is 6.42 Å². The normalized spacial score (nSPS) is 16.1. The summed E-state index contributed by atoms with van der Waals surface area (Å²) in [5.41, 5.74) is 1.36. The zero-order chi connectivity index (χ0) is 15.2. The van der Waals surface area contributed by atoms with E-state index in [1.54, 1.807) is 0 Å². The molecule has 2 N–H and O–H groups in total. The molecule has 0 aliphatic heterocycles. The second-order valence-corrected chi connectivity index (χ2v) is 6.06. The summed E-state index contributed by atoms with van der Waals surface area (Å²) < 4.78 is 0. The fraction of sp³-hybridized carbons (Fsp3) is 0.421. The molecule has 1 aliphatic carbocycles. The third-order valence-corrected chi connectivity index (χ3v) is 4.44. The van der Waals surface area contributed by atoms with Crippen LogP contribution in [0.2, 0.25) is 0 Å². The van der Waals surface area contributed by atoms with Crippen LogP contribution in [0.5, 0.6) is 0 Å². The summed E-state index contributed by atoms with van der Waals surface area (Å²) in [5, 5.41) is 9.57. The molecule has 0 bridgehead atoms. The average molecular weight is 295 g/mol. The summed E-state index contributed by atoms with van der Waals surface area (Å²) in [5.74, 6) is 0.938. The molecule has 116 valence electrons. The predicted octanol–water partition coefficient (Wildman–Crippen LogP) is 3.49. The fourth-order valence-electron chi connectivity index (χ4n) is 3.18. The number of nitrogens with one attached hydrogen (secondary N) is 2. The lowest BCUT2D eigenvalue weighted by Gasteiger charge is -2.16. The van der Waals surface area contributed by atoms with Crippen molar-refractivity contribution in [3.8, 4) is 0 Å². The third-order valence-electron chi connectivity index (χ3n) is 4.44. The van der Waals surface area contributed by atoms with E-state index >= 15 is 0 Å². The van der Waals surface area contributed by atoms with Gasteiger partial charge < -0.3 is 10.6 Å². The summed E-state index contributed by atoms with van der Waals surface area (Å²) in [6.45, 7) is 0.907. The zero-order valence-corrected chi connectivity index (χ0v) is 13.3. The van der Waals surface area contributed by atoms with Crippen LogP contribution < -0.4 is 10.6 Å². The molecule has 0 spiro atoms. The Hall–Kier alpha value is -2.03. The Morgan fingerprint density at radius 2 is 1.86 bits per heavy atom. The first-order valence-electron chi connectivity index (χ1n) is 8.30. The van der Waals surface area contributed by atoms with Crippen molar-refractivity contribution in [2.75, 3.05) is 13.6 Å². The van der Waals surface area contributed by atoms with E-state index in [-0.39, 0.29) is 0 Å². The van der Waals surface area contributed by atoms with Crippen molar-refractivity contribution in [3.63, 3.8) is 0 Å². The van der Waals surface area contributed by atoms with Gasteiger partial charge in [0.1, 0.15) is 0 Å². The van der Waals surface area contributed by atoms with Crippen molar-refractivity contribution in [3.05, 3.63) is 48.0 Å². The van der Waals surface area contributed by atoms with Crippen LogP contribution in [0.1, 0.15) is 31.2 Å². The molecular weight excluding hydrogens is 270 g/mol. The zero-order valence-electron chi connectivity index (χ0n) is 13.3. The second kappa shape index (κ2) is 7.30. The van der Waals surface area contributed by atoms with Gasteiger partial charge in [-0.2, -0.15) is 0 Å². The minimum absolute atomic E-state index is 0.604. The van der Waals surface area contributed by atoms with Crippen molar-refractivity contribution in [1.82, 2.24) is 10.6 Å². The highest BCUT2D eigenvalue weighted by molar-refractivity contribution is 5.83. The smallest absolute Gasteiger partial charge is 0.191 e. The van der Waals surface area contributed by atoms with Gasteiger partial charge in [0.15, 0.2) is 5.96 Å². The number of nitrogens with zero attached hydrogens (tertiary/aromatic N) is 1. The molecule has 0 unspecified atom stereocenters. The first-order valence-corrected chi connectivity index (χ1v) is 8.30. The highest BCUT2D eigenvalue weighted by atomic mass is 15.2. The quantitative estimate of drug-likeness (QED) is 0.669. The molecule has 0 heterocycles. The second-order valence-electron chi connectivity index (χ2n) is 6.06. The largest absolute Gasteiger partial charge is 0.356 e. The molecule has 0 atom stereocenters. The number of hydrogen-bond donors (Lipinski definition) is 2. The number of rotatable bonds is 4. The van der Waals surface area contributed by atoms with Gasteiger partial charge in [-0.05, 0) is 35.6 Å². The molecule has 0 saturated heterocycles. The monoisotopic (exact) mass is 295 g/mol. The highest BCUT2D eigenvalue weighted by Gasteiger charge is 2.15. The summed E-state index contributed by atoms with van der Waals surface area (Å²) in [7, 11) is 1.85. The van der Waals surface area contributed by atoms with Crippen molar-refractivity contribution < 1.29 is 0 Å². The van der Waals surface area contributed by atoms with E-state index in [9.17, 15) is 0 Å². The van der Waals surface area contributed by atoms with E-state index in [2.05, 4.69) is 58.1 Å². The van der Waals surface area contributed by atoms with Crippen LogP contribution in [0.25, 0.3) is 10.8 Å². The third kappa shape index (κ3) is 3.79. The molecule has 2 aromatic rings. The molecule has 3 nitrogen and oxygen atoms in total. The van der Waals surface area contributed by atoms with Crippen molar-refractivity contribution in [2.24, 2.45) is 4.99 Å². The van der Waals surface area contributed by atoms with Crippen LogP contribution in [0.4, 0.5) is 0 Å². The van der Waals surface area contributed by atoms with Gasteiger partial charge in [-0.15, -0.1) is 0 Å². The molecular formula is C19H25N3. The van der Waals surface area contributed by atoms with E-state index in [1.165, 1.54) is 42.0 Å². The summed E-state index contributed by atoms with van der Waals surface area (Å²) in [4.78, 5) is 4.33. The van der Waals surface area contributed by atoms with Gasteiger partial charge in [0, 0.05) is 19.6 Å². The molecule has 2 aromatic carbocycles. The lowest BCUT2D eigenvalue weighted by molar-refractivity contribution is 0.613. The van der Waals surface area contributed by atoms with Crippen LogP contribution in [0.15, 0.2) is 47.5 Å². The van der Waals surface area contributed by atoms with Crippen molar-refractivity contribution in [2.45, 2.75) is 38.1 Å². The number of hydrogen-bond acceptors (Lipinski definition) is 1. The standard InChI is InChI=1S/C19H25N3/c1-20-19(22-18-8-4-5-9-18)21-13-12-15-10-11-16-6-2-3-7-17(16)14-15/h2-3,6-7,10-11,14,18H,4-5,8-9,12-13H2,1H3,(H2,20,21,22). The van der Waals surface area contributed by atoms with Crippen LogP contribution in [0.3, 0.4) is 0 Å². The van der Waals surface area contributed by atoms with Crippen LogP contribution in [0, 0.1) is 0 Å². The van der Waals surface area contributed by atoms with Crippen molar-refractivity contribution >= 4 is 16.7 Å². The first-order chi connectivity index (χ1) is 10.8. The van der Waals surface area contributed by atoms with Crippen molar-refractivity contribution in [1.29, 1.82) is 0 Å². The molecule has 22 heavy (non-hydrogen) atoms. The maximum atomic E-state index is 4.33. The van der Waals surface area contributed by atoms with Gasteiger partial charge in [0.05, 0.1) is 0 Å². The van der Waals surface area contributed by atoms with Gasteiger partial charge in [-0.1, -0.05) is 55.3 Å². The van der Waals surface area contributed by atoms with E-state index in [1.807, 2.05) is 7.05 Å². The van der Waals surface area contributed by atoms with Gasteiger partial charge in [-0.3, -0.25) is 4.99 Å². The molecule has 3 heteroatoms. The van der Waals surface area contributed by atoms with Gasteiger partial charge in [-0.25, -0.2) is 0 Å². The molecule has 1 fully saturated rings. The number of guanidine groups is 1. The lowest BCUT2D eigenvalue weighted by Crippen LogP contribution is -2.42. The van der Waals surface area contributed by atoms with E-state index in [0.29, 0.717) is 6.04 Å². The molecule has 0 amide bonds. The predicted molar refractivity (Wildman–Crippen MR) is 94.4 cm³/mol. The minimum Gasteiger partial charge on any atom is -0.356 e. The summed E-state index contributed by atoms with van der Waals surface area (Å²) in [6.07, 6.45) is 6.23. The topological polar surface area (TPSA) is 36.4 Å². The minimum atomic E-state index is 0.604. The van der Waals surface area contributed by atoms with E-state index < -0.39 is 0 Å². The Labute approximate surface area is 132 Å². The average Bonchev–Trinajstić information content (AvgIpc) is 3.07. The Morgan fingerprint density at radius 1 is 1.09 bits per heavy atom. The molecule has 0 aromatic heterocycles. The van der Waals surface area contributed by atoms with Crippen LogP contribution in [-0.4, -0.2) is 25.6 Å². The summed E-state index contributed by atoms with van der Waals surface area (Å²) >= 11 is 0. The maximum Gasteiger partial charge on any atom is 0.191 e. The molecule has 3 rings (SSSR count). The highest BCUT2D eigenvalue weighted by Crippen LogP contribution is 2.17. The molecule has 1 saturated carbocycles. The SMILES string of the molecule is CN=C(NCCc1ccc2ccccc2c1)NC1CCCC1. The molecule has 1 aliphatic rings. The van der Waals surface area contributed by atoms with Gasteiger partial charge in [0.2, 0.25) is 0 Å². The van der Waals surface area contributed by atoms with E-state index in [4.69, 9.17) is 0 Å². The Bertz CT molecular complexity index is 642. The number of benzene rings is 2. The van der Waals surface area contributed by atoms with E-state index in [0.717, 1.165) is 18.9 Å². The Kier molecular flexibility index (Phi) is 4.94. The maximum absolute atomic E-state index is 4.33. The van der Waals surface area contributed by atoms with Gasteiger partial charge >= 0.3 is 0 Å². The van der Waals surface area contributed by atoms with Gasteiger partial charge in [0.25, 0.3) is 0 Å². The number of aliphatic imine (C=N–C) groups is 1. The fourth-order valence-corrected chi connectivity index (χ4v) is 3.18.